The summed E-state index contributed by atoms with van der Waals surface area (Å²) >= 11 is 0. The highest BCUT2D eigenvalue weighted by Crippen LogP contribution is 2.39. The van der Waals surface area contributed by atoms with Crippen molar-refractivity contribution in [2.45, 2.75) is 6.92 Å². The number of aromatic nitrogens is 3. The zero-order valence-electron chi connectivity index (χ0n) is 15.4. The Morgan fingerprint density at radius 3 is 2.50 bits per heavy atom. The number of nitrogens with zero attached hydrogens (tertiary/aromatic N) is 5. The van der Waals surface area contributed by atoms with Crippen LogP contribution in [0.2, 0.25) is 0 Å². The number of hydrogen-bond donors (Lipinski definition) is 1. The zero-order chi connectivity index (χ0) is 19.5. The van der Waals surface area contributed by atoms with E-state index in [4.69, 9.17) is 5.73 Å². The van der Waals surface area contributed by atoms with E-state index in [2.05, 4.69) is 39.2 Å². The Labute approximate surface area is 162 Å². The number of pyridine rings is 1. The van der Waals surface area contributed by atoms with Gasteiger partial charge in [0, 0.05) is 17.5 Å². The van der Waals surface area contributed by atoms with Crippen molar-refractivity contribution in [3.05, 3.63) is 72.7 Å². The molecular formula is C22H18N6. The summed E-state index contributed by atoms with van der Waals surface area (Å²) in [4.78, 5) is 14.9. The van der Waals surface area contributed by atoms with Gasteiger partial charge in [-0.05, 0) is 18.6 Å². The van der Waals surface area contributed by atoms with Crippen LogP contribution < -0.4 is 10.6 Å². The molecule has 28 heavy (non-hydrogen) atoms. The van der Waals surface area contributed by atoms with Gasteiger partial charge in [-0.3, -0.25) is 4.98 Å². The van der Waals surface area contributed by atoms with Crippen LogP contribution in [0.5, 0.6) is 0 Å². The Morgan fingerprint density at radius 2 is 1.75 bits per heavy atom. The fraction of sp³-hybridized carbons (Fsp3) is 0.0909. The molecular weight excluding hydrogens is 348 g/mol. The molecule has 0 atom stereocenters. The SMILES string of the molecule is CCN(c1cnc2ccccc2c1-c1ccccc1)c1ncnc(N)c1C#N. The molecule has 2 aromatic heterocycles. The van der Waals surface area contributed by atoms with Crippen LogP contribution in [0.1, 0.15) is 12.5 Å². The number of rotatable bonds is 4. The molecule has 4 aromatic rings. The van der Waals surface area contributed by atoms with Gasteiger partial charge in [0.15, 0.2) is 5.82 Å². The van der Waals surface area contributed by atoms with Gasteiger partial charge in [0.2, 0.25) is 0 Å². The van der Waals surface area contributed by atoms with Gasteiger partial charge in [0.05, 0.1) is 17.4 Å². The molecule has 2 aromatic carbocycles. The maximum atomic E-state index is 9.60. The third-order valence-corrected chi connectivity index (χ3v) is 4.65. The van der Waals surface area contributed by atoms with E-state index in [0.717, 1.165) is 27.7 Å². The number of para-hydroxylation sites is 1. The van der Waals surface area contributed by atoms with Gasteiger partial charge in [0.1, 0.15) is 23.8 Å². The molecule has 0 amide bonds. The summed E-state index contributed by atoms with van der Waals surface area (Å²) in [5.41, 5.74) is 10.1. The van der Waals surface area contributed by atoms with Crippen LogP contribution in [-0.2, 0) is 0 Å². The van der Waals surface area contributed by atoms with Crippen LogP contribution in [0, 0.1) is 11.3 Å². The lowest BCUT2D eigenvalue weighted by atomic mass is 9.98. The second-order valence-corrected chi connectivity index (χ2v) is 6.22. The van der Waals surface area contributed by atoms with E-state index in [1.54, 1.807) is 0 Å². The van der Waals surface area contributed by atoms with Crippen molar-refractivity contribution in [2.75, 3.05) is 17.2 Å². The molecule has 0 radical (unpaired) electrons. The Bertz CT molecular complexity index is 1180. The van der Waals surface area contributed by atoms with Crippen molar-refractivity contribution in [1.29, 1.82) is 5.26 Å². The van der Waals surface area contributed by atoms with Crippen LogP contribution in [0.25, 0.3) is 22.0 Å². The molecule has 0 bridgehead atoms. The van der Waals surface area contributed by atoms with Crippen LogP contribution in [-0.4, -0.2) is 21.5 Å². The van der Waals surface area contributed by atoms with Gasteiger partial charge in [-0.15, -0.1) is 0 Å². The first-order chi connectivity index (χ1) is 13.7. The van der Waals surface area contributed by atoms with Crippen LogP contribution in [0.3, 0.4) is 0 Å². The van der Waals surface area contributed by atoms with Gasteiger partial charge in [0.25, 0.3) is 0 Å². The molecule has 2 N–H and O–H groups in total. The molecule has 0 saturated carbocycles. The highest BCUT2D eigenvalue weighted by atomic mass is 15.2. The van der Waals surface area contributed by atoms with Crippen molar-refractivity contribution in [1.82, 2.24) is 15.0 Å². The average molecular weight is 366 g/mol. The molecule has 6 heteroatoms. The quantitative estimate of drug-likeness (QED) is 0.579. The van der Waals surface area contributed by atoms with E-state index in [1.165, 1.54) is 6.33 Å². The van der Waals surface area contributed by atoms with Crippen molar-refractivity contribution in [3.8, 4) is 17.2 Å². The van der Waals surface area contributed by atoms with Gasteiger partial charge < -0.3 is 10.6 Å². The summed E-state index contributed by atoms with van der Waals surface area (Å²) in [5, 5.41) is 10.6. The van der Waals surface area contributed by atoms with Gasteiger partial charge >= 0.3 is 0 Å². The lowest BCUT2D eigenvalue weighted by Crippen LogP contribution is -2.21. The fourth-order valence-electron chi connectivity index (χ4n) is 3.38. The third kappa shape index (κ3) is 2.89. The second kappa shape index (κ2) is 7.33. The Kier molecular flexibility index (Phi) is 4.56. The number of anilines is 3. The topological polar surface area (TPSA) is 91.7 Å². The lowest BCUT2D eigenvalue weighted by molar-refractivity contribution is 0.971. The van der Waals surface area contributed by atoms with Crippen molar-refractivity contribution in [2.24, 2.45) is 0 Å². The first-order valence-corrected chi connectivity index (χ1v) is 8.95. The predicted octanol–water partition coefficient (Wildman–Crippen LogP) is 4.30. The predicted molar refractivity (Wildman–Crippen MR) is 111 cm³/mol. The van der Waals surface area contributed by atoms with Gasteiger partial charge in [-0.25, -0.2) is 9.97 Å². The van der Waals surface area contributed by atoms with E-state index < -0.39 is 0 Å². The van der Waals surface area contributed by atoms with Gasteiger partial charge in [-0.2, -0.15) is 5.26 Å². The molecule has 6 nitrogen and oxygen atoms in total. The molecule has 0 spiro atoms. The Balaban J connectivity index is 2.04. The summed E-state index contributed by atoms with van der Waals surface area (Å²) < 4.78 is 0. The summed E-state index contributed by atoms with van der Waals surface area (Å²) in [6.07, 6.45) is 3.21. The smallest absolute Gasteiger partial charge is 0.156 e. The molecule has 0 unspecified atom stereocenters. The zero-order valence-corrected chi connectivity index (χ0v) is 15.4. The minimum absolute atomic E-state index is 0.168. The fourth-order valence-corrected chi connectivity index (χ4v) is 3.38. The van der Waals surface area contributed by atoms with Crippen molar-refractivity contribution < 1.29 is 0 Å². The van der Waals surface area contributed by atoms with E-state index in [-0.39, 0.29) is 11.4 Å². The Morgan fingerprint density at radius 1 is 1.00 bits per heavy atom. The first kappa shape index (κ1) is 17.4. The molecule has 136 valence electrons. The minimum atomic E-state index is 0.168. The summed E-state index contributed by atoms with van der Waals surface area (Å²) in [6, 6.07) is 20.3. The van der Waals surface area contributed by atoms with Crippen molar-refractivity contribution in [3.63, 3.8) is 0 Å². The number of hydrogen-bond acceptors (Lipinski definition) is 6. The summed E-state index contributed by atoms with van der Waals surface area (Å²) in [7, 11) is 0. The first-order valence-electron chi connectivity index (χ1n) is 8.95. The van der Waals surface area contributed by atoms with E-state index in [9.17, 15) is 5.26 Å². The highest BCUT2D eigenvalue weighted by molar-refractivity contribution is 6.01. The molecule has 0 aliphatic carbocycles. The standard InChI is InChI=1S/C22H18N6/c1-2-28(22-17(12-23)21(24)26-14-27-22)19-13-25-18-11-7-6-10-16(18)20(19)15-8-4-3-5-9-15/h3-11,13-14H,2H2,1H3,(H2,24,26,27). The molecule has 0 aliphatic heterocycles. The number of nitriles is 1. The number of benzene rings is 2. The third-order valence-electron chi connectivity index (χ3n) is 4.65. The van der Waals surface area contributed by atoms with Crippen LogP contribution in [0.4, 0.5) is 17.3 Å². The lowest BCUT2D eigenvalue weighted by Gasteiger charge is -2.26. The number of nitrogen functional groups attached to an aromatic ring is 1. The highest BCUT2D eigenvalue weighted by Gasteiger charge is 2.21. The van der Waals surface area contributed by atoms with E-state index >= 15 is 0 Å². The van der Waals surface area contributed by atoms with E-state index in [0.29, 0.717) is 12.4 Å². The largest absolute Gasteiger partial charge is 0.382 e. The van der Waals surface area contributed by atoms with Crippen LogP contribution >= 0.6 is 0 Å². The molecule has 0 saturated heterocycles. The number of fused-ring (bicyclic) bond motifs is 1. The average Bonchev–Trinajstić information content (AvgIpc) is 2.75. The Hall–Kier alpha value is -3.98. The normalized spacial score (nSPS) is 10.6. The minimum Gasteiger partial charge on any atom is -0.382 e. The molecule has 2 heterocycles. The van der Waals surface area contributed by atoms with E-state index in [1.807, 2.05) is 54.4 Å². The molecule has 0 aliphatic rings. The van der Waals surface area contributed by atoms with Crippen LogP contribution in [0.15, 0.2) is 67.1 Å². The second-order valence-electron chi connectivity index (χ2n) is 6.22. The number of nitrogens with two attached hydrogens (primary N) is 1. The molecule has 4 rings (SSSR count). The summed E-state index contributed by atoms with van der Waals surface area (Å²) in [5.74, 6) is 0.646. The van der Waals surface area contributed by atoms with Gasteiger partial charge in [-0.1, -0.05) is 48.5 Å². The maximum absolute atomic E-state index is 9.60. The summed E-state index contributed by atoms with van der Waals surface area (Å²) in [6.45, 7) is 2.59. The van der Waals surface area contributed by atoms with Crippen molar-refractivity contribution >= 4 is 28.2 Å². The monoisotopic (exact) mass is 366 g/mol. The maximum Gasteiger partial charge on any atom is 0.156 e. The molecule has 0 fully saturated rings.